The van der Waals surface area contributed by atoms with Gasteiger partial charge in [-0.15, -0.1) is 0 Å². The first kappa shape index (κ1) is 8.89. The minimum atomic E-state index is -0.418. The largest absolute Gasteiger partial charge is 0.357 e. The number of rotatable bonds is 1. The van der Waals surface area contributed by atoms with Crippen molar-refractivity contribution in [3.8, 4) is 0 Å². The van der Waals surface area contributed by atoms with Gasteiger partial charge in [-0.3, -0.25) is 4.79 Å². The fourth-order valence-electron chi connectivity index (χ4n) is 3.14. The zero-order valence-electron chi connectivity index (χ0n) is 8.59. The summed E-state index contributed by atoms with van der Waals surface area (Å²) in [4.78, 5) is 24.9. The highest BCUT2D eigenvalue weighted by atomic mass is 16.1. The van der Waals surface area contributed by atoms with E-state index in [0.29, 0.717) is 0 Å². The Kier molecular flexibility index (Phi) is 1.54. The molecule has 2 bridgehead atoms. The molecule has 3 aliphatic heterocycles. The molecule has 0 unspecified atom stereocenters. The Balaban J connectivity index is 2.09. The van der Waals surface area contributed by atoms with Crippen LogP contribution in [0.1, 0.15) is 13.3 Å². The molecule has 0 aromatic heterocycles. The monoisotopic (exact) mass is 203 g/mol. The molecule has 4 aliphatic rings. The summed E-state index contributed by atoms with van der Waals surface area (Å²) in [5.74, 6) is 0.398. The normalized spacial score (nSPS) is 46.1. The third kappa shape index (κ3) is 0.863. The standard InChI is InChI=1S/C12H13NO2/c1-12-9-2-3-10(8(6-9)7-14)13(12)5-4-11(12)15/h2-5,7-10H,6H2,1H3/t8-,9-,10+,12-/m1/s1. The smallest absolute Gasteiger partial charge is 0.182 e. The van der Waals surface area contributed by atoms with Crippen LogP contribution in [0.2, 0.25) is 0 Å². The van der Waals surface area contributed by atoms with Crippen molar-refractivity contribution >= 4 is 12.1 Å². The Morgan fingerprint density at radius 1 is 1.53 bits per heavy atom. The summed E-state index contributed by atoms with van der Waals surface area (Å²) in [5, 5.41) is 0. The Morgan fingerprint density at radius 3 is 3.07 bits per heavy atom. The van der Waals surface area contributed by atoms with E-state index in [1.165, 1.54) is 0 Å². The van der Waals surface area contributed by atoms with Crippen LogP contribution in [0.15, 0.2) is 24.4 Å². The zero-order chi connectivity index (χ0) is 10.6. The molecule has 78 valence electrons. The van der Waals surface area contributed by atoms with E-state index in [2.05, 4.69) is 17.1 Å². The van der Waals surface area contributed by atoms with Gasteiger partial charge in [-0.2, -0.15) is 0 Å². The van der Waals surface area contributed by atoms with Gasteiger partial charge in [-0.1, -0.05) is 12.2 Å². The minimum Gasteiger partial charge on any atom is -0.357 e. The Hall–Kier alpha value is -1.38. The van der Waals surface area contributed by atoms with Gasteiger partial charge in [0.1, 0.15) is 11.8 Å². The van der Waals surface area contributed by atoms with Crippen molar-refractivity contribution in [3.63, 3.8) is 0 Å². The first-order valence-corrected chi connectivity index (χ1v) is 5.32. The maximum atomic E-state index is 11.9. The van der Waals surface area contributed by atoms with E-state index in [-0.39, 0.29) is 23.7 Å². The van der Waals surface area contributed by atoms with E-state index >= 15 is 0 Å². The van der Waals surface area contributed by atoms with E-state index in [4.69, 9.17) is 0 Å². The molecule has 0 aromatic rings. The number of aldehydes is 1. The molecule has 4 rings (SSSR count). The van der Waals surface area contributed by atoms with Crippen molar-refractivity contribution in [1.82, 2.24) is 4.90 Å². The Bertz CT molecular complexity index is 398. The van der Waals surface area contributed by atoms with Crippen LogP contribution in [0, 0.1) is 11.8 Å². The quantitative estimate of drug-likeness (QED) is 0.469. The summed E-state index contributed by atoms with van der Waals surface area (Å²) in [6.45, 7) is 1.98. The molecule has 4 atom stereocenters. The van der Waals surface area contributed by atoms with Crippen LogP contribution in [0.25, 0.3) is 0 Å². The van der Waals surface area contributed by atoms with Gasteiger partial charge in [0.25, 0.3) is 0 Å². The lowest BCUT2D eigenvalue weighted by molar-refractivity contribution is -0.132. The minimum absolute atomic E-state index is 0.0450. The van der Waals surface area contributed by atoms with Gasteiger partial charge in [0.2, 0.25) is 0 Å². The van der Waals surface area contributed by atoms with Crippen LogP contribution in [0.5, 0.6) is 0 Å². The number of ketones is 1. The second kappa shape index (κ2) is 2.60. The van der Waals surface area contributed by atoms with Crippen LogP contribution in [-0.4, -0.2) is 28.6 Å². The third-order valence-corrected chi connectivity index (χ3v) is 4.15. The highest BCUT2D eigenvalue weighted by molar-refractivity contribution is 6.01. The van der Waals surface area contributed by atoms with Crippen molar-refractivity contribution in [1.29, 1.82) is 0 Å². The van der Waals surface area contributed by atoms with Crippen molar-refractivity contribution in [2.45, 2.75) is 24.9 Å². The number of piperidine rings is 1. The van der Waals surface area contributed by atoms with Gasteiger partial charge in [-0.05, 0) is 19.4 Å². The number of hydrogen-bond acceptors (Lipinski definition) is 3. The summed E-state index contributed by atoms with van der Waals surface area (Å²) in [7, 11) is 0. The molecule has 0 N–H and O–H groups in total. The topological polar surface area (TPSA) is 37.4 Å². The number of hydrogen-bond donors (Lipinski definition) is 0. The fraction of sp³-hybridized carbons (Fsp3) is 0.500. The van der Waals surface area contributed by atoms with Gasteiger partial charge >= 0.3 is 0 Å². The molecule has 1 fully saturated rings. The van der Waals surface area contributed by atoms with Gasteiger partial charge in [-0.25, -0.2) is 0 Å². The number of carbonyl (C=O) groups is 2. The molecule has 3 nitrogen and oxygen atoms in total. The molecule has 0 amide bonds. The van der Waals surface area contributed by atoms with E-state index in [1.807, 2.05) is 13.1 Å². The van der Waals surface area contributed by atoms with Crippen LogP contribution in [-0.2, 0) is 9.59 Å². The number of fused-ring (bicyclic) bond motifs is 1. The van der Waals surface area contributed by atoms with Gasteiger partial charge in [0.15, 0.2) is 5.78 Å². The van der Waals surface area contributed by atoms with E-state index in [0.717, 1.165) is 12.7 Å². The molecule has 1 aliphatic carbocycles. The van der Waals surface area contributed by atoms with Crippen LogP contribution in [0.3, 0.4) is 0 Å². The zero-order valence-corrected chi connectivity index (χ0v) is 8.59. The second-order valence-corrected chi connectivity index (χ2v) is 4.75. The summed E-state index contributed by atoms with van der Waals surface area (Å²) < 4.78 is 0. The molecule has 3 heterocycles. The highest BCUT2D eigenvalue weighted by Gasteiger charge is 2.55. The van der Waals surface area contributed by atoms with E-state index in [1.54, 1.807) is 6.08 Å². The molecular weight excluding hydrogens is 190 g/mol. The van der Waals surface area contributed by atoms with Gasteiger partial charge in [0, 0.05) is 18.0 Å². The SMILES string of the molecule is C[C@@]12C(=O)C=CN1[C@H]1C=C[C@@H]2C[C@@H]1C=O. The maximum absolute atomic E-state index is 11.9. The summed E-state index contributed by atoms with van der Waals surface area (Å²) in [6.07, 6.45) is 9.49. The van der Waals surface area contributed by atoms with E-state index < -0.39 is 5.54 Å². The fourth-order valence-corrected chi connectivity index (χ4v) is 3.14. The molecule has 0 spiro atoms. The number of nitrogens with zero attached hydrogens (tertiary/aromatic N) is 1. The van der Waals surface area contributed by atoms with Crippen LogP contribution in [0.4, 0.5) is 0 Å². The average Bonchev–Trinajstić information content (AvgIpc) is 2.58. The van der Waals surface area contributed by atoms with Crippen LogP contribution >= 0.6 is 0 Å². The third-order valence-electron chi connectivity index (χ3n) is 4.15. The lowest BCUT2D eigenvalue weighted by Crippen LogP contribution is -2.62. The van der Waals surface area contributed by atoms with Crippen molar-refractivity contribution in [3.05, 3.63) is 24.4 Å². The molecule has 15 heavy (non-hydrogen) atoms. The summed E-state index contributed by atoms with van der Waals surface area (Å²) in [6, 6.07) is 0.0835. The average molecular weight is 203 g/mol. The van der Waals surface area contributed by atoms with Crippen molar-refractivity contribution < 1.29 is 9.59 Å². The lowest BCUT2D eigenvalue weighted by Gasteiger charge is -2.53. The summed E-state index contributed by atoms with van der Waals surface area (Å²) >= 11 is 0. The first-order valence-electron chi connectivity index (χ1n) is 5.32. The molecule has 0 aromatic carbocycles. The lowest BCUT2D eigenvalue weighted by atomic mass is 9.67. The van der Waals surface area contributed by atoms with Crippen LogP contribution < -0.4 is 0 Å². The second-order valence-electron chi connectivity index (χ2n) is 4.75. The van der Waals surface area contributed by atoms with E-state index in [9.17, 15) is 9.59 Å². The molecular formula is C12H13NO2. The molecule has 3 heteroatoms. The van der Waals surface area contributed by atoms with Gasteiger partial charge in [0.05, 0.1) is 6.04 Å². The van der Waals surface area contributed by atoms with Gasteiger partial charge < -0.3 is 9.69 Å². The predicted octanol–water partition coefficient (Wildman–Crippen LogP) is 0.917. The highest BCUT2D eigenvalue weighted by Crippen LogP contribution is 2.47. The molecule has 1 saturated heterocycles. The maximum Gasteiger partial charge on any atom is 0.182 e. The predicted molar refractivity (Wildman–Crippen MR) is 55.0 cm³/mol. The summed E-state index contributed by atoms with van der Waals surface area (Å²) in [5.41, 5.74) is -0.418. The first-order chi connectivity index (χ1) is 7.17. The number of carbonyl (C=O) groups excluding carboxylic acids is 2. The molecule has 0 saturated carbocycles. The van der Waals surface area contributed by atoms with Crippen molar-refractivity contribution in [2.24, 2.45) is 11.8 Å². The Morgan fingerprint density at radius 2 is 2.33 bits per heavy atom. The Labute approximate surface area is 88.4 Å². The van der Waals surface area contributed by atoms with Crippen molar-refractivity contribution in [2.75, 3.05) is 0 Å². The molecule has 0 radical (unpaired) electrons.